The molecule has 0 radical (unpaired) electrons. The predicted molar refractivity (Wildman–Crippen MR) is 107 cm³/mol. The Morgan fingerprint density at radius 1 is 1.07 bits per heavy atom. The lowest BCUT2D eigenvalue weighted by Gasteiger charge is -2.29. The molecule has 144 valence electrons. The van der Waals surface area contributed by atoms with Crippen LogP contribution in [-0.4, -0.2) is 38.2 Å². The van der Waals surface area contributed by atoms with Crippen LogP contribution in [0.2, 0.25) is 0 Å². The summed E-state index contributed by atoms with van der Waals surface area (Å²) >= 11 is 0. The topological polar surface area (TPSA) is 50.8 Å². The van der Waals surface area contributed by atoms with Gasteiger partial charge in [-0.25, -0.2) is 4.79 Å². The number of hydrogen-bond acceptors (Lipinski definition) is 3. The Hall–Kier alpha value is -2.69. The Kier molecular flexibility index (Phi) is 5.89. The van der Waals surface area contributed by atoms with Gasteiger partial charge < -0.3 is 19.7 Å². The minimum absolute atomic E-state index is 0.0137. The van der Waals surface area contributed by atoms with E-state index >= 15 is 0 Å². The first kappa shape index (κ1) is 19.1. The summed E-state index contributed by atoms with van der Waals surface area (Å²) in [6.45, 7) is 6.14. The minimum atomic E-state index is -0.0137. The maximum Gasteiger partial charge on any atom is 0.317 e. The van der Waals surface area contributed by atoms with Gasteiger partial charge in [-0.3, -0.25) is 0 Å². The molecule has 0 unspecified atom stereocenters. The van der Waals surface area contributed by atoms with E-state index in [4.69, 9.17) is 9.47 Å². The molecule has 0 saturated heterocycles. The van der Waals surface area contributed by atoms with Crippen molar-refractivity contribution in [2.24, 2.45) is 0 Å². The van der Waals surface area contributed by atoms with Gasteiger partial charge >= 0.3 is 6.03 Å². The highest BCUT2D eigenvalue weighted by atomic mass is 16.5. The average Bonchev–Trinajstić information content (AvgIpc) is 2.67. The monoisotopic (exact) mass is 368 g/mol. The maximum absolute atomic E-state index is 12.6. The van der Waals surface area contributed by atoms with Gasteiger partial charge in [0.25, 0.3) is 0 Å². The molecular weight excluding hydrogens is 340 g/mol. The zero-order valence-corrected chi connectivity index (χ0v) is 16.6. The van der Waals surface area contributed by atoms with Crippen LogP contribution in [0.3, 0.4) is 0 Å². The highest BCUT2D eigenvalue weighted by Gasteiger charge is 2.22. The van der Waals surface area contributed by atoms with Crippen LogP contribution in [0, 0.1) is 13.8 Å². The number of rotatable bonds is 5. The highest BCUT2D eigenvalue weighted by molar-refractivity contribution is 5.74. The Morgan fingerprint density at radius 2 is 1.78 bits per heavy atom. The molecule has 2 amide bonds. The van der Waals surface area contributed by atoms with Crippen molar-refractivity contribution in [3.05, 3.63) is 58.1 Å². The first-order valence-corrected chi connectivity index (χ1v) is 9.34. The minimum Gasteiger partial charge on any atom is -0.493 e. The van der Waals surface area contributed by atoms with Crippen LogP contribution < -0.4 is 14.8 Å². The number of nitrogens with zero attached hydrogens (tertiary/aromatic N) is 1. The van der Waals surface area contributed by atoms with Crippen LogP contribution >= 0.6 is 0 Å². The number of hydrogen-bond donors (Lipinski definition) is 1. The fourth-order valence-electron chi connectivity index (χ4n) is 3.60. The SMILES string of the molecule is COc1cc2c(cc1OC)CN(C(=O)NCCc1ccc(C)cc1C)CC2. The molecule has 5 nitrogen and oxygen atoms in total. The van der Waals surface area contributed by atoms with Gasteiger partial charge in [0.1, 0.15) is 0 Å². The van der Waals surface area contributed by atoms with E-state index in [0.717, 1.165) is 24.2 Å². The molecule has 0 aliphatic carbocycles. The number of amides is 2. The number of nitrogens with one attached hydrogen (secondary N) is 1. The molecule has 2 aromatic carbocycles. The van der Waals surface area contributed by atoms with Gasteiger partial charge in [0.05, 0.1) is 14.2 Å². The quantitative estimate of drug-likeness (QED) is 0.877. The Bertz CT molecular complexity index is 833. The number of fused-ring (bicyclic) bond motifs is 1. The summed E-state index contributed by atoms with van der Waals surface area (Å²) < 4.78 is 10.8. The molecule has 1 N–H and O–H groups in total. The van der Waals surface area contributed by atoms with E-state index in [1.165, 1.54) is 22.3 Å². The van der Waals surface area contributed by atoms with Crippen molar-refractivity contribution in [3.63, 3.8) is 0 Å². The molecule has 0 bridgehead atoms. The summed E-state index contributed by atoms with van der Waals surface area (Å²) in [5, 5.41) is 3.06. The van der Waals surface area contributed by atoms with Crippen molar-refractivity contribution in [2.45, 2.75) is 33.2 Å². The number of methoxy groups -OCH3 is 2. The molecule has 5 heteroatoms. The number of urea groups is 1. The van der Waals surface area contributed by atoms with E-state index in [2.05, 4.69) is 37.4 Å². The smallest absolute Gasteiger partial charge is 0.317 e. The summed E-state index contributed by atoms with van der Waals surface area (Å²) in [7, 11) is 3.27. The highest BCUT2D eigenvalue weighted by Crippen LogP contribution is 2.33. The van der Waals surface area contributed by atoms with Gasteiger partial charge in [0, 0.05) is 19.6 Å². The molecule has 1 aliphatic rings. The molecule has 1 aliphatic heterocycles. The van der Waals surface area contributed by atoms with Gasteiger partial charge in [-0.15, -0.1) is 0 Å². The van der Waals surface area contributed by atoms with Crippen molar-refractivity contribution in [1.82, 2.24) is 10.2 Å². The van der Waals surface area contributed by atoms with Crippen molar-refractivity contribution in [1.29, 1.82) is 0 Å². The second-order valence-electron chi connectivity index (χ2n) is 7.06. The van der Waals surface area contributed by atoms with Crippen LogP contribution in [0.1, 0.15) is 27.8 Å². The second kappa shape index (κ2) is 8.33. The van der Waals surface area contributed by atoms with Gasteiger partial charge in [-0.2, -0.15) is 0 Å². The number of ether oxygens (including phenoxy) is 2. The zero-order valence-electron chi connectivity index (χ0n) is 16.6. The fraction of sp³-hybridized carbons (Fsp3) is 0.409. The van der Waals surface area contributed by atoms with Gasteiger partial charge in [-0.05, 0) is 61.1 Å². The van der Waals surface area contributed by atoms with Crippen molar-refractivity contribution in [2.75, 3.05) is 27.3 Å². The summed E-state index contributed by atoms with van der Waals surface area (Å²) in [5.41, 5.74) is 6.15. The van der Waals surface area contributed by atoms with E-state index in [1.54, 1.807) is 14.2 Å². The van der Waals surface area contributed by atoms with Gasteiger partial charge in [0.15, 0.2) is 11.5 Å². The zero-order chi connectivity index (χ0) is 19.4. The Labute approximate surface area is 161 Å². The maximum atomic E-state index is 12.6. The molecule has 0 aromatic heterocycles. The van der Waals surface area contributed by atoms with E-state index in [-0.39, 0.29) is 6.03 Å². The van der Waals surface area contributed by atoms with Crippen molar-refractivity contribution < 1.29 is 14.3 Å². The van der Waals surface area contributed by atoms with E-state index in [1.807, 2.05) is 17.0 Å². The van der Waals surface area contributed by atoms with Crippen LogP contribution in [0.25, 0.3) is 0 Å². The van der Waals surface area contributed by atoms with Crippen molar-refractivity contribution >= 4 is 6.03 Å². The molecule has 27 heavy (non-hydrogen) atoms. The summed E-state index contributed by atoms with van der Waals surface area (Å²) in [6.07, 6.45) is 1.66. The van der Waals surface area contributed by atoms with E-state index in [9.17, 15) is 4.79 Å². The van der Waals surface area contributed by atoms with E-state index in [0.29, 0.717) is 25.4 Å². The number of benzene rings is 2. The van der Waals surface area contributed by atoms with Crippen molar-refractivity contribution in [3.8, 4) is 11.5 Å². The lowest BCUT2D eigenvalue weighted by Crippen LogP contribution is -2.43. The molecule has 3 rings (SSSR count). The molecule has 2 aromatic rings. The Balaban J connectivity index is 1.59. The van der Waals surface area contributed by atoms with Crippen LogP contribution in [0.4, 0.5) is 4.79 Å². The van der Waals surface area contributed by atoms with Gasteiger partial charge in [-0.1, -0.05) is 23.8 Å². The molecule has 0 atom stereocenters. The van der Waals surface area contributed by atoms with Crippen LogP contribution in [-0.2, 0) is 19.4 Å². The molecule has 0 saturated carbocycles. The largest absolute Gasteiger partial charge is 0.493 e. The third kappa shape index (κ3) is 4.35. The van der Waals surface area contributed by atoms with E-state index < -0.39 is 0 Å². The third-order valence-corrected chi connectivity index (χ3v) is 5.17. The Morgan fingerprint density at radius 3 is 2.44 bits per heavy atom. The third-order valence-electron chi connectivity index (χ3n) is 5.17. The summed E-state index contributed by atoms with van der Waals surface area (Å²) in [6, 6.07) is 10.4. The number of carbonyl (C=O) groups excluding carboxylic acids is 1. The van der Waals surface area contributed by atoms with Crippen LogP contribution in [0.15, 0.2) is 30.3 Å². The molecule has 0 fully saturated rings. The fourth-order valence-corrected chi connectivity index (χ4v) is 3.60. The molecule has 1 heterocycles. The standard InChI is InChI=1S/C22H28N2O3/c1-15-5-6-17(16(2)11-15)7-9-23-22(25)24-10-8-18-12-20(26-3)21(27-4)13-19(18)14-24/h5-6,11-13H,7-10,14H2,1-4H3,(H,23,25). The first-order valence-electron chi connectivity index (χ1n) is 9.34. The molecular formula is C22H28N2O3. The lowest BCUT2D eigenvalue weighted by molar-refractivity contribution is 0.192. The summed E-state index contributed by atoms with van der Waals surface area (Å²) in [5.74, 6) is 1.44. The first-order chi connectivity index (χ1) is 13.0. The lowest BCUT2D eigenvalue weighted by atomic mass is 9.99. The number of aryl methyl sites for hydroxylation is 2. The summed E-state index contributed by atoms with van der Waals surface area (Å²) in [4.78, 5) is 14.4. The molecule has 0 spiro atoms. The number of carbonyl (C=O) groups is 1. The predicted octanol–water partition coefficient (Wildman–Crippen LogP) is 3.63. The van der Waals surface area contributed by atoms with Crippen LogP contribution in [0.5, 0.6) is 11.5 Å². The normalized spacial score (nSPS) is 13.1. The van der Waals surface area contributed by atoms with Gasteiger partial charge in [0.2, 0.25) is 0 Å². The second-order valence-corrected chi connectivity index (χ2v) is 7.06. The average molecular weight is 368 g/mol.